The lowest BCUT2D eigenvalue weighted by Gasteiger charge is -2.14. The maximum atomic E-state index is 11.5. The van der Waals surface area contributed by atoms with Gasteiger partial charge in [-0.25, -0.2) is 4.98 Å². The van der Waals surface area contributed by atoms with Crippen molar-refractivity contribution in [3.05, 3.63) is 39.3 Å². The smallest absolute Gasteiger partial charge is 0.225 e. The fraction of sp³-hybridized carbons (Fsp3) is 0.333. The predicted molar refractivity (Wildman–Crippen MR) is 92.0 cm³/mol. The summed E-state index contributed by atoms with van der Waals surface area (Å²) in [6, 6.07) is 6.18. The van der Waals surface area contributed by atoms with Crippen LogP contribution in [-0.2, 0) is 11.3 Å². The quantitative estimate of drug-likeness (QED) is 0.860. The van der Waals surface area contributed by atoms with Crippen molar-refractivity contribution in [2.24, 2.45) is 0 Å². The molecule has 1 amide bonds. The van der Waals surface area contributed by atoms with E-state index < -0.39 is 0 Å². The Morgan fingerprint density at radius 1 is 1.48 bits per heavy atom. The Morgan fingerprint density at radius 2 is 2.24 bits per heavy atom. The third-order valence-corrected chi connectivity index (χ3v) is 4.62. The number of carbonyl (C=O) groups is 1. The number of thiazole rings is 1. The van der Waals surface area contributed by atoms with Crippen molar-refractivity contribution in [2.45, 2.75) is 27.3 Å². The number of nitrogens with one attached hydrogen (secondary N) is 1. The van der Waals surface area contributed by atoms with Gasteiger partial charge in [0.1, 0.15) is 0 Å². The molecule has 0 bridgehead atoms. The standard InChI is InChI=1S/C15H18BrN3OS/c1-4-19(11(3)20)15-18-12(9-21-15)8-17-14-6-5-10(2)7-13(14)16/h5-7,9,17H,4,8H2,1-3H3. The van der Waals surface area contributed by atoms with Crippen molar-refractivity contribution >= 4 is 44.0 Å². The molecular formula is C15H18BrN3OS. The van der Waals surface area contributed by atoms with Crippen LogP contribution < -0.4 is 10.2 Å². The summed E-state index contributed by atoms with van der Waals surface area (Å²) in [5.41, 5.74) is 3.18. The topological polar surface area (TPSA) is 45.2 Å². The summed E-state index contributed by atoms with van der Waals surface area (Å²) in [6.45, 7) is 6.84. The number of carbonyl (C=O) groups excluding carboxylic acids is 1. The van der Waals surface area contributed by atoms with Crippen LogP contribution in [0, 0.1) is 6.92 Å². The summed E-state index contributed by atoms with van der Waals surface area (Å²) < 4.78 is 1.04. The molecule has 1 aromatic heterocycles. The monoisotopic (exact) mass is 367 g/mol. The molecule has 0 aliphatic heterocycles. The second kappa shape index (κ2) is 7.04. The molecule has 0 aliphatic carbocycles. The van der Waals surface area contributed by atoms with Gasteiger partial charge in [0.2, 0.25) is 5.91 Å². The number of hydrogen-bond donors (Lipinski definition) is 1. The Kier molecular flexibility index (Phi) is 5.36. The average Bonchev–Trinajstić information content (AvgIpc) is 2.87. The van der Waals surface area contributed by atoms with Crippen molar-refractivity contribution in [2.75, 3.05) is 16.8 Å². The van der Waals surface area contributed by atoms with E-state index in [1.165, 1.54) is 16.9 Å². The lowest BCUT2D eigenvalue weighted by Crippen LogP contribution is -2.27. The van der Waals surface area contributed by atoms with Crippen molar-refractivity contribution in [1.29, 1.82) is 0 Å². The van der Waals surface area contributed by atoms with Crippen molar-refractivity contribution in [3.63, 3.8) is 0 Å². The largest absolute Gasteiger partial charge is 0.378 e. The Hall–Kier alpha value is -1.40. The molecule has 0 fully saturated rings. The molecule has 6 heteroatoms. The van der Waals surface area contributed by atoms with Crippen LogP contribution >= 0.6 is 27.3 Å². The summed E-state index contributed by atoms with van der Waals surface area (Å²) in [5, 5.41) is 6.09. The van der Waals surface area contributed by atoms with Gasteiger partial charge in [0.05, 0.1) is 12.2 Å². The van der Waals surface area contributed by atoms with E-state index in [1.807, 2.05) is 18.4 Å². The van der Waals surface area contributed by atoms with Gasteiger partial charge in [-0.3, -0.25) is 9.69 Å². The molecule has 21 heavy (non-hydrogen) atoms. The van der Waals surface area contributed by atoms with Gasteiger partial charge in [0, 0.05) is 29.0 Å². The highest BCUT2D eigenvalue weighted by Crippen LogP contribution is 2.25. The van der Waals surface area contributed by atoms with Crippen molar-refractivity contribution in [3.8, 4) is 0 Å². The van der Waals surface area contributed by atoms with Gasteiger partial charge in [-0.15, -0.1) is 11.3 Å². The first kappa shape index (κ1) is 16.0. The van der Waals surface area contributed by atoms with Crippen LogP contribution in [0.4, 0.5) is 10.8 Å². The first-order valence-electron chi connectivity index (χ1n) is 6.73. The number of nitrogens with zero attached hydrogens (tertiary/aromatic N) is 2. The SMILES string of the molecule is CCN(C(C)=O)c1nc(CNc2ccc(C)cc2Br)cs1. The van der Waals surface area contributed by atoms with E-state index >= 15 is 0 Å². The lowest BCUT2D eigenvalue weighted by atomic mass is 10.2. The number of anilines is 2. The zero-order valence-corrected chi connectivity index (χ0v) is 14.7. The molecule has 0 aliphatic rings. The molecule has 0 saturated heterocycles. The van der Waals surface area contributed by atoms with Gasteiger partial charge < -0.3 is 5.32 Å². The van der Waals surface area contributed by atoms with Crippen molar-refractivity contribution < 1.29 is 4.79 Å². The Labute approximate surface area is 137 Å². The molecule has 1 aromatic carbocycles. The minimum absolute atomic E-state index is 0.0210. The van der Waals surface area contributed by atoms with Gasteiger partial charge in [0.15, 0.2) is 5.13 Å². The molecule has 0 radical (unpaired) electrons. The fourth-order valence-electron chi connectivity index (χ4n) is 1.94. The highest BCUT2D eigenvalue weighted by molar-refractivity contribution is 9.10. The fourth-order valence-corrected chi connectivity index (χ4v) is 3.51. The van der Waals surface area contributed by atoms with Crippen LogP contribution in [0.15, 0.2) is 28.1 Å². The summed E-state index contributed by atoms with van der Waals surface area (Å²) in [6.07, 6.45) is 0. The molecule has 0 unspecified atom stereocenters. The first-order chi connectivity index (χ1) is 10.0. The Bertz CT molecular complexity index is 642. The predicted octanol–water partition coefficient (Wildman–Crippen LogP) is 4.20. The molecule has 4 nitrogen and oxygen atoms in total. The summed E-state index contributed by atoms with van der Waals surface area (Å²) in [5.74, 6) is 0.0210. The van der Waals surface area contributed by atoms with Gasteiger partial charge in [-0.05, 0) is 47.5 Å². The molecular weight excluding hydrogens is 350 g/mol. The zero-order valence-electron chi connectivity index (χ0n) is 12.3. The Balaban J connectivity index is 2.04. The zero-order chi connectivity index (χ0) is 15.4. The number of halogens is 1. The third-order valence-electron chi connectivity index (χ3n) is 3.05. The second-order valence-corrected chi connectivity index (χ2v) is 6.41. The van der Waals surface area contributed by atoms with Crippen LogP contribution in [0.25, 0.3) is 0 Å². The van der Waals surface area contributed by atoms with Crippen LogP contribution in [-0.4, -0.2) is 17.4 Å². The summed E-state index contributed by atoms with van der Waals surface area (Å²) in [4.78, 5) is 17.7. The van der Waals surface area contributed by atoms with Gasteiger partial charge in [-0.2, -0.15) is 0 Å². The molecule has 112 valence electrons. The average molecular weight is 368 g/mol. The number of amides is 1. The van der Waals surface area contributed by atoms with Crippen LogP contribution in [0.3, 0.4) is 0 Å². The number of benzene rings is 1. The number of hydrogen-bond acceptors (Lipinski definition) is 4. The van der Waals surface area contributed by atoms with E-state index in [9.17, 15) is 4.79 Å². The number of rotatable bonds is 5. The third kappa shape index (κ3) is 4.04. The highest BCUT2D eigenvalue weighted by Gasteiger charge is 2.13. The molecule has 0 saturated carbocycles. The van der Waals surface area contributed by atoms with Crippen LogP contribution in [0.2, 0.25) is 0 Å². The number of aromatic nitrogens is 1. The van der Waals surface area contributed by atoms with E-state index in [2.05, 4.69) is 45.3 Å². The maximum absolute atomic E-state index is 11.5. The van der Waals surface area contributed by atoms with Crippen LogP contribution in [0.5, 0.6) is 0 Å². The summed E-state index contributed by atoms with van der Waals surface area (Å²) >= 11 is 5.04. The lowest BCUT2D eigenvalue weighted by molar-refractivity contribution is -0.116. The van der Waals surface area contributed by atoms with Crippen molar-refractivity contribution in [1.82, 2.24) is 4.98 Å². The summed E-state index contributed by atoms with van der Waals surface area (Å²) in [7, 11) is 0. The maximum Gasteiger partial charge on any atom is 0.225 e. The molecule has 1 heterocycles. The molecule has 1 N–H and O–H groups in total. The number of aryl methyl sites for hydroxylation is 1. The van der Waals surface area contributed by atoms with E-state index in [-0.39, 0.29) is 5.91 Å². The minimum Gasteiger partial charge on any atom is -0.378 e. The highest BCUT2D eigenvalue weighted by atomic mass is 79.9. The minimum atomic E-state index is 0.0210. The van der Waals surface area contributed by atoms with E-state index in [0.29, 0.717) is 13.1 Å². The van der Waals surface area contributed by atoms with Gasteiger partial charge in [0.25, 0.3) is 0 Å². The van der Waals surface area contributed by atoms with E-state index in [4.69, 9.17) is 0 Å². The first-order valence-corrected chi connectivity index (χ1v) is 8.41. The second-order valence-electron chi connectivity index (χ2n) is 4.72. The molecule has 2 aromatic rings. The van der Waals surface area contributed by atoms with E-state index in [0.717, 1.165) is 21.0 Å². The molecule has 2 rings (SSSR count). The van der Waals surface area contributed by atoms with Gasteiger partial charge in [-0.1, -0.05) is 6.07 Å². The Morgan fingerprint density at radius 3 is 2.86 bits per heavy atom. The van der Waals surface area contributed by atoms with Gasteiger partial charge >= 0.3 is 0 Å². The molecule has 0 spiro atoms. The van der Waals surface area contributed by atoms with E-state index in [1.54, 1.807) is 11.8 Å². The normalized spacial score (nSPS) is 10.5. The van der Waals surface area contributed by atoms with Crippen LogP contribution in [0.1, 0.15) is 25.1 Å². The molecule has 0 atom stereocenters.